The summed E-state index contributed by atoms with van der Waals surface area (Å²) in [4.78, 5) is 10.9. The van der Waals surface area contributed by atoms with Gasteiger partial charge in [0, 0.05) is 6.42 Å². The average molecular weight is 162 g/mol. The molecule has 0 heterocycles. The molecule has 0 saturated heterocycles. The fraction of sp³-hybridized carbons (Fsp3) is 0.857. The minimum atomic E-state index is -1.47. The van der Waals surface area contributed by atoms with Crippen LogP contribution in [0.25, 0.3) is 0 Å². The van der Waals surface area contributed by atoms with Crippen LogP contribution in [0.5, 0.6) is 0 Å². The minimum Gasteiger partial charge on any atom is -0.469 e. The maximum Gasteiger partial charge on any atom is 0.311 e. The number of hydrogen-bond donors (Lipinski definition) is 2. The molecule has 11 heavy (non-hydrogen) atoms. The third-order valence-electron chi connectivity index (χ3n) is 1.43. The molecule has 66 valence electrons. The van der Waals surface area contributed by atoms with Crippen LogP contribution >= 0.6 is 0 Å². The lowest BCUT2D eigenvalue weighted by molar-refractivity contribution is -0.157. The molecule has 0 rings (SSSR count). The zero-order chi connectivity index (χ0) is 9.07. The molecule has 0 fully saturated rings. The van der Waals surface area contributed by atoms with Gasteiger partial charge in [0.2, 0.25) is 0 Å². The van der Waals surface area contributed by atoms with Crippen LogP contribution in [0.1, 0.15) is 20.3 Å². The summed E-state index contributed by atoms with van der Waals surface area (Å²) in [6.45, 7) is 3.19. The Labute approximate surface area is 65.8 Å². The predicted molar refractivity (Wildman–Crippen MR) is 38.6 cm³/mol. The Balaban J connectivity index is 4.09. The van der Waals surface area contributed by atoms with Crippen LogP contribution in [0.2, 0.25) is 0 Å². The van der Waals surface area contributed by atoms with Crippen molar-refractivity contribution in [2.75, 3.05) is 7.11 Å². The fourth-order valence-electron chi connectivity index (χ4n) is 0.816. The van der Waals surface area contributed by atoms with E-state index in [1.807, 2.05) is 0 Å². The number of esters is 1. The molecule has 4 nitrogen and oxygen atoms in total. The van der Waals surface area contributed by atoms with Gasteiger partial charge in [0.1, 0.15) is 0 Å². The zero-order valence-electron chi connectivity index (χ0n) is 7.00. The third-order valence-corrected chi connectivity index (χ3v) is 1.43. The molecule has 0 aliphatic carbocycles. The molecule has 0 spiro atoms. The van der Waals surface area contributed by atoms with Gasteiger partial charge in [-0.1, -0.05) is 0 Å². The van der Waals surface area contributed by atoms with Crippen molar-refractivity contribution in [3.05, 3.63) is 0 Å². The van der Waals surface area contributed by atoms with Crippen molar-refractivity contribution < 1.29 is 19.7 Å². The van der Waals surface area contributed by atoms with Crippen LogP contribution in [0, 0.1) is 5.41 Å². The molecule has 0 aliphatic heterocycles. The number of hydrogen-bond acceptors (Lipinski definition) is 4. The number of carbonyl (C=O) groups excluding carboxylic acids is 1. The summed E-state index contributed by atoms with van der Waals surface area (Å²) in [5, 5.41) is 17.2. The molecule has 2 N–H and O–H groups in total. The summed E-state index contributed by atoms with van der Waals surface area (Å²) in [5.74, 6) is -0.439. The summed E-state index contributed by atoms with van der Waals surface area (Å²) < 4.78 is 4.45. The molecule has 0 aromatic heterocycles. The van der Waals surface area contributed by atoms with Crippen molar-refractivity contribution in [2.24, 2.45) is 5.41 Å². The lowest BCUT2D eigenvalue weighted by Gasteiger charge is -2.21. The highest BCUT2D eigenvalue weighted by atomic mass is 16.5. The van der Waals surface area contributed by atoms with Crippen molar-refractivity contribution in [1.82, 2.24) is 0 Å². The van der Waals surface area contributed by atoms with E-state index >= 15 is 0 Å². The van der Waals surface area contributed by atoms with E-state index in [9.17, 15) is 4.79 Å². The van der Waals surface area contributed by atoms with Gasteiger partial charge < -0.3 is 14.9 Å². The minimum absolute atomic E-state index is 0.0142. The monoisotopic (exact) mass is 162 g/mol. The Morgan fingerprint density at radius 2 is 2.00 bits per heavy atom. The summed E-state index contributed by atoms with van der Waals surface area (Å²) in [7, 11) is 1.27. The average Bonchev–Trinajstić information content (AvgIpc) is 1.83. The van der Waals surface area contributed by atoms with E-state index in [0.29, 0.717) is 0 Å². The Morgan fingerprint density at radius 3 is 2.27 bits per heavy atom. The molecular weight excluding hydrogens is 148 g/mol. The Hall–Kier alpha value is -0.610. The molecule has 0 unspecified atom stereocenters. The molecular formula is C7H14O4. The van der Waals surface area contributed by atoms with Gasteiger partial charge in [0.05, 0.1) is 12.5 Å². The van der Waals surface area contributed by atoms with Crippen molar-refractivity contribution in [1.29, 1.82) is 0 Å². The maximum atomic E-state index is 10.9. The highest BCUT2D eigenvalue weighted by molar-refractivity contribution is 5.75. The molecule has 0 amide bonds. The van der Waals surface area contributed by atoms with Crippen molar-refractivity contribution >= 4 is 5.97 Å². The SMILES string of the molecule is COC(=O)C(C)(C)CC(O)O. The van der Waals surface area contributed by atoms with Gasteiger partial charge in [-0.2, -0.15) is 0 Å². The normalized spacial score (nSPS) is 11.8. The second kappa shape index (κ2) is 3.69. The van der Waals surface area contributed by atoms with E-state index in [2.05, 4.69) is 4.74 Å². The highest BCUT2D eigenvalue weighted by Gasteiger charge is 2.30. The lowest BCUT2D eigenvalue weighted by Crippen LogP contribution is -2.30. The second-order valence-corrected chi connectivity index (χ2v) is 3.06. The maximum absolute atomic E-state index is 10.9. The number of aliphatic hydroxyl groups excluding tert-OH is 1. The molecule has 4 heteroatoms. The summed E-state index contributed by atoms with van der Waals surface area (Å²) in [6, 6.07) is 0. The van der Waals surface area contributed by atoms with Gasteiger partial charge in [-0.25, -0.2) is 0 Å². The van der Waals surface area contributed by atoms with Gasteiger partial charge in [-0.15, -0.1) is 0 Å². The lowest BCUT2D eigenvalue weighted by atomic mass is 9.89. The van der Waals surface area contributed by atoms with Crippen LogP contribution in [0.15, 0.2) is 0 Å². The highest BCUT2D eigenvalue weighted by Crippen LogP contribution is 2.22. The molecule has 0 bridgehead atoms. The Morgan fingerprint density at radius 1 is 1.55 bits per heavy atom. The second-order valence-electron chi connectivity index (χ2n) is 3.06. The van der Waals surface area contributed by atoms with E-state index in [-0.39, 0.29) is 6.42 Å². The Kier molecular flexibility index (Phi) is 3.48. The van der Waals surface area contributed by atoms with Crippen LogP contribution in [0.3, 0.4) is 0 Å². The van der Waals surface area contributed by atoms with Crippen LogP contribution in [-0.2, 0) is 9.53 Å². The van der Waals surface area contributed by atoms with E-state index < -0.39 is 17.7 Å². The number of ether oxygens (including phenoxy) is 1. The standard InChI is InChI=1S/C7H14O4/c1-7(2,4-5(8)9)6(10)11-3/h5,8-9H,4H2,1-3H3. The van der Waals surface area contributed by atoms with Gasteiger partial charge in [0.15, 0.2) is 6.29 Å². The zero-order valence-corrected chi connectivity index (χ0v) is 7.00. The van der Waals surface area contributed by atoms with E-state index in [1.54, 1.807) is 13.8 Å². The van der Waals surface area contributed by atoms with Gasteiger partial charge in [-0.3, -0.25) is 4.79 Å². The van der Waals surface area contributed by atoms with Crippen LogP contribution in [-0.4, -0.2) is 29.6 Å². The van der Waals surface area contributed by atoms with Crippen LogP contribution < -0.4 is 0 Å². The summed E-state index contributed by atoms with van der Waals surface area (Å²) in [6.07, 6.45) is -1.48. The number of rotatable bonds is 3. The fourth-order valence-corrected chi connectivity index (χ4v) is 0.816. The third kappa shape index (κ3) is 3.34. The molecule has 0 saturated carbocycles. The molecule has 0 radical (unpaired) electrons. The van der Waals surface area contributed by atoms with Crippen molar-refractivity contribution in [3.8, 4) is 0 Å². The smallest absolute Gasteiger partial charge is 0.311 e. The van der Waals surface area contributed by atoms with Crippen molar-refractivity contribution in [2.45, 2.75) is 26.6 Å². The summed E-state index contributed by atoms with van der Waals surface area (Å²) in [5.41, 5.74) is -0.830. The first kappa shape index (κ1) is 10.4. The quantitative estimate of drug-likeness (QED) is 0.448. The van der Waals surface area contributed by atoms with E-state index in [4.69, 9.17) is 10.2 Å². The number of methoxy groups -OCH3 is 1. The van der Waals surface area contributed by atoms with Gasteiger partial charge >= 0.3 is 5.97 Å². The molecule has 0 aromatic rings. The predicted octanol–water partition coefficient (Wildman–Crippen LogP) is -0.114. The van der Waals surface area contributed by atoms with E-state index in [0.717, 1.165) is 0 Å². The van der Waals surface area contributed by atoms with Crippen molar-refractivity contribution in [3.63, 3.8) is 0 Å². The topological polar surface area (TPSA) is 66.8 Å². The number of carbonyl (C=O) groups is 1. The largest absolute Gasteiger partial charge is 0.469 e. The first-order valence-electron chi connectivity index (χ1n) is 3.34. The number of aliphatic hydroxyl groups is 2. The van der Waals surface area contributed by atoms with Gasteiger partial charge in [0.25, 0.3) is 0 Å². The summed E-state index contributed by atoms with van der Waals surface area (Å²) >= 11 is 0. The van der Waals surface area contributed by atoms with Gasteiger partial charge in [-0.05, 0) is 13.8 Å². The molecule has 0 atom stereocenters. The molecule has 0 aromatic carbocycles. The molecule has 0 aliphatic rings. The Bertz CT molecular complexity index is 139. The van der Waals surface area contributed by atoms with Crippen LogP contribution in [0.4, 0.5) is 0 Å². The van der Waals surface area contributed by atoms with E-state index in [1.165, 1.54) is 7.11 Å². The first-order valence-corrected chi connectivity index (χ1v) is 3.34. The first-order chi connectivity index (χ1) is 4.90.